The van der Waals surface area contributed by atoms with E-state index in [0.717, 1.165) is 6.42 Å². The van der Waals surface area contributed by atoms with Crippen LogP contribution < -0.4 is 5.32 Å². The number of esters is 1. The van der Waals surface area contributed by atoms with Gasteiger partial charge in [0, 0.05) is 6.04 Å². The predicted molar refractivity (Wildman–Crippen MR) is 49.0 cm³/mol. The van der Waals surface area contributed by atoms with E-state index >= 15 is 0 Å². The molecule has 12 heavy (non-hydrogen) atoms. The van der Waals surface area contributed by atoms with Gasteiger partial charge in [-0.1, -0.05) is 20.8 Å². The van der Waals surface area contributed by atoms with Crippen LogP contribution in [-0.4, -0.2) is 24.7 Å². The summed E-state index contributed by atoms with van der Waals surface area (Å²) in [6.07, 6.45) is 0.775. The number of hydrogen-bond acceptors (Lipinski definition) is 3. The monoisotopic (exact) mass is 173 g/mol. The fourth-order valence-corrected chi connectivity index (χ4v) is 0.998. The van der Waals surface area contributed by atoms with Gasteiger partial charge in [-0.15, -0.1) is 0 Å². The molecule has 3 nitrogen and oxygen atoms in total. The van der Waals surface area contributed by atoms with Gasteiger partial charge in [-0.05, 0) is 13.3 Å². The summed E-state index contributed by atoms with van der Waals surface area (Å²) in [4.78, 5) is 11.2. The van der Waals surface area contributed by atoms with Crippen molar-refractivity contribution < 1.29 is 9.53 Å². The number of carbonyl (C=O) groups is 1. The van der Waals surface area contributed by atoms with Crippen molar-refractivity contribution in [3.8, 4) is 0 Å². The van der Waals surface area contributed by atoms with Crippen LogP contribution in [0.5, 0.6) is 0 Å². The van der Waals surface area contributed by atoms with E-state index in [1.165, 1.54) is 0 Å². The third-order valence-corrected chi connectivity index (χ3v) is 1.51. The third-order valence-electron chi connectivity index (χ3n) is 1.51. The van der Waals surface area contributed by atoms with Gasteiger partial charge in [0.15, 0.2) is 0 Å². The van der Waals surface area contributed by atoms with Crippen molar-refractivity contribution in [3.05, 3.63) is 0 Å². The van der Waals surface area contributed by atoms with Gasteiger partial charge in [0.25, 0.3) is 0 Å². The van der Waals surface area contributed by atoms with Crippen molar-refractivity contribution in [1.82, 2.24) is 5.32 Å². The summed E-state index contributed by atoms with van der Waals surface area (Å²) >= 11 is 0. The van der Waals surface area contributed by atoms with Crippen LogP contribution in [0.2, 0.25) is 0 Å². The van der Waals surface area contributed by atoms with Gasteiger partial charge in [-0.3, -0.25) is 4.79 Å². The lowest BCUT2D eigenvalue weighted by atomic mass is 10.2. The van der Waals surface area contributed by atoms with Gasteiger partial charge in [-0.25, -0.2) is 0 Å². The van der Waals surface area contributed by atoms with Crippen LogP contribution in [-0.2, 0) is 9.53 Å². The first kappa shape index (κ1) is 11.4. The summed E-state index contributed by atoms with van der Waals surface area (Å²) in [5, 5.41) is 3.14. The Morgan fingerprint density at radius 2 is 2.00 bits per heavy atom. The lowest BCUT2D eigenvalue weighted by Crippen LogP contribution is -2.41. The molecule has 0 unspecified atom stereocenters. The van der Waals surface area contributed by atoms with Crippen LogP contribution in [0.4, 0.5) is 0 Å². The van der Waals surface area contributed by atoms with Gasteiger partial charge in [-0.2, -0.15) is 0 Å². The smallest absolute Gasteiger partial charge is 0.323 e. The Hall–Kier alpha value is -0.570. The average molecular weight is 173 g/mol. The molecule has 0 aliphatic carbocycles. The lowest BCUT2D eigenvalue weighted by Gasteiger charge is -2.17. The number of nitrogens with one attached hydrogen (secondary N) is 1. The summed E-state index contributed by atoms with van der Waals surface area (Å²) < 4.78 is 4.89. The zero-order valence-electron chi connectivity index (χ0n) is 8.39. The first-order valence-corrected chi connectivity index (χ1v) is 4.54. The van der Waals surface area contributed by atoms with Crippen LogP contribution in [0, 0.1) is 0 Å². The van der Waals surface area contributed by atoms with E-state index in [9.17, 15) is 4.79 Å². The van der Waals surface area contributed by atoms with Crippen molar-refractivity contribution >= 4 is 5.97 Å². The summed E-state index contributed by atoms with van der Waals surface area (Å²) in [6, 6.07) is 0.171. The van der Waals surface area contributed by atoms with Gasteiger partial charge in [0.2, 0.25) is 0 Å². The molecule has 0 aromatic carbocycles. The minimum Gasteiger partial charge on any atom is -0.465 e. The number of rotatable bonds is 5. The predicted octanol–water partition coefficient (Wildman–Crippen LogP) is 1.33. The molecule has 0 amide bonds. The zero-order valence-corrected chi connectivity index (χ0v) is 8.39. The molecule has 1 atom stereocenters. The highest BCUT2D eigenvalue weighted by molar-refractivity contribution is 5.75. The standard InChI is InChI=1S/C9H19NO2/c1-5-8(10-7(3)4)9(11)12-6-2/h7-8,10H,5-6H2,1-4H3/t8-/m1/s1. The minimum absolute atomic E-state index is 0.145. The Morgan fingerprint density at radius 3 is 2.33 bits per heavy atom. The van der Waals surface area contributed by atoms with E-state index in [0.29, 0.717) is 12.6 Å². The Kier molecular flexibility index (Phi) is 5.72. The quantitative estimate of drug-likeness (QED) is 0.637. The summed E-state index contributed by atoms with van der Waals surface area (Å²) in [5.41, 5.74) is 0. The molecule has 0 heterocycles. The second kappa shape index (κ2) is 6.00. The normalized spacial score (nSPS) is 13.1. The highest BCUT2D eigenvalue weighted by atomic mass is 16.5. The zero-order chi connectivity index (χ0) is 9.56. The van der Waals surface area contributed by atoms with Crippen LogP contribution >= 0.6 is 0 Å². The van der Waals surface area contributed by atoms with Crippen molar-refractivity contribution in [2.75, 3.05) is 6.61 Å². The molecule has 0 fully saturated rings. The Bertz CT molecular complexity index is 134. The maximum absolute atomic E-state index is 11.2. The molecule has 72 valence electrons. The molecule has 0 saturated carbocycles. The molecule has 3 heteroatoms. The maximum atomic E-state index is 11.2. The van der Waals surface area contributed by atoms with E-state index in [4.69, 9.17) is 4.74 Å². The summed E-state index contributed by atoms with van der Waals surface area (Å²) in [5.74, 6) is -0.145. The van der Waals surface area contributed by atoms with Gasteiger partial charge >= 0.3 is 5.97 Å². The first-order valence-electron chi connectivity index (χ1n) is 4.54. The number of hydrogen-bond donors (Lipinski definition) is 1. The largest absolute Gasteiger partial charge is 0.465 e. The van der Waals surface area contributed by atoms with Crippen LogP contribution in [0.1, 0.15) is 34.1 Å². The molecular formula is C9H19NO2. The molecule has 0 saturated heterocycles. The Labute approximate surface area is 74.5 Å². The molecule has 0 aliphatic heterocycles. The van der Waals surface area contributed by atoms with Crippen molar-refractivity contribution in [2.45, 2.75) is 46.2 Å². The van der Waals surface area contributed by atoms with Crippen molar-refractivity contribution in [1.29, 1.82) is 0 Å². The Morgan fingerprint density at radius 1 is 1.42 bits per heavy atom. The van der Waals surface area contributed by atoms with Crippen LogP contribution in [0.3, 0.4) is 0 Å². The SMILES string of the molecule is CCOC(=O)[C@@H](CC)NC(C)C. The molecule has 0 spiro atoms. The molecule has 0 aliphatic rings. The molecule has 0 aromatic rings. The van der Waals surface area contributed by atoms with Crippen molar-refractivity contribution in [2.24, 2.45) is 0 Å². The summed E-state index contributed by atoms with van der Waals surface area (Å²) in [6.45, 7) is 8.27. The van der Waals surface area contributed by atoms with E-state index in [1.54, 1.807) is 0 Å². The van der Waals surface area contributed by atoms with Crippen molar-refractivity contribution in [3.63, 3.8) is 0 Å². The molecule has 0 aromatic heterocycles. The lowest BCUT2D eigenvalue weighted by molar-refractivity contribution is -0.145. The topological polar surface area (TPSA) is 38.3 Å². The second-order valence-corrected chi connectivity index (χ2v) is 3.03. The fourth-order valence-electron chi connectivity index (χ4n) is 0.998. The minimum atomic E-state index is -0.148. The highest BCUT2D eigenvalue weighted by Gasteiger charge is 2.17. The third kappa shape index (κ3) is 4.34. The molecular weight excluding hydrogens is 154 g/mol. The highest BCUT2D eigenvalue weighted by Crippen LogP contribution is 1.96. The molecule has 0 bridgehead atoms. The fraction of sp³-hybridized carbons (Fsp3) is 0.889. The van der Waals surface area contributed by atoms with E-state index in [-0.39, 0.29) is 12.0 Å². The number of ether oxygens (including phenoxy) is 1. The molecule has 1 N–H and O–H groups in total. The van der Waals surface area contributed by atoms with Gasteiger partial charge in [0.1, 0.15) is 6.04 Å². The van der Waals surface area contributed by atoms with Gasteiger partial charge in [0.05, 0.1) is 6.61 Å². The van der Waals surface area contributed by atoms with E-state index < -0.39 is 0 Å². The average Bonchev–Trinajstić information content (AvgIpc) is 2.00. The molecule has 0 rings (SSSR count). The Balaban J connectivity index is 3.87. The molecule has 0 radical (unpaired) electrons. The van der Waals surface area contributed by atoms with E-state index in [1.807, 2.05) is 27.7 Å². The maximum Gasteiger partial charge on any atom is 0.323 e. The van der Waals surface area contributed by atoms with Gasteiger partial charge < -0.3 is 10.1 Å². The first-order chi connectivity index (χ1) is 5.61. The van der Waals surface area contributed by atoms with Crippen LogP contribution in [0.25, 0.3) is 0 Å². The van der Waals surface area contributed by atoms with E-state index in [2.05, 4.69) is 5.32 Å². The second-order valence-electron chi connectivity index (χ2n) is 3.03. The summed E-state index contributed by atoms with van der Waals surface area (Å²) in [7, 11) is 0. The number of carbonyl (C=O) groups excluding carboxylic acids is 1. The van der Waals surface area contributed by atoms with Crippen LogP contribution in [0.15, 0.2) is 0 Å².